The van der Waals surface area contributed by atoms with Gasteiger partial charge in [-0.25, -0.2) is 0 Å². The Morgan fingerprint density at radius 3 is 2.58 bits per heavy atom. The first kappa shape index (κ1) is 24.4. The third kappa shape index (κ3) is 7.41. The Balaban J connectivity index is 1.87. The van der Waals surface area contributed by atoms with E-state index in [1.54, 1.807) is 0 Å². The molecule has 0 aromatic heterocycles. The monoisotopic (exact) mass is 444 g/mol. The molecule has 0 heterocycles. The van der Waals surface area contributed by atoms with Gasteiger partial charge in [0.15, 0.2) is 0 Å². The fourth-order valence-electron chi connectivity index (χ4n) is 3.58. The topological polar surface area (TPSA) is 113 Å². The molecule has 0 aliphatic heterocycles. The van der Waals surface area contributed by atoms with Gasteiger partial charge in [-0.2, -0.15) is 13.2 Å². The zero-order chi connectivity index (χ0) is 23.2. The van der Waals surface area contributed by atoms with Gasteiger partial charge in [0.05, 0.1) is 10.5 Å². The van der Waals surface area contributed by atoms with Gasteiger partial charge in [0.1, 0.15) is 5.69 Å². The van der Waals surface area contributed by atoms with Gasteiger partial charge in [-0.15, -0.1) is 0 Å². The highest BCUT2D eigenvalue weighted by Gasteiger charge is 2.33. The van der Waals surface area contributed by atoms with E-state index in [0.717, 1.165) is 31.4 Å². The maximum Gasteiger partial charge on any atom is 0.416 e. The third-order valence-corrected chi connectivity index (χ3v) is 5.03. The smallest absolute Gasteiger partial charge is 0.379 e. The van der Waals surface area contributed by atoms with Crippen molar-refractivity contribution < 1.29 is 27.7 Å². The standard InChI is InChI=1S/C20H27F3N4O4/c1-12(2)25-19(29)13-4-3-5-15(10-13)26-18(28)8-9-24-16-7-6-14(20(21,22)23)11-17(16)27(30)31/h6-7,11-13,15,24H,3-5,8-10H2,1-2H3,(H,25,29)(H,26,28). The molecule has 1 fully saturated rings. The van der Waals surface area contributed by atoms with E-state index >= 15 is 0 Å². The molecule has 1 aliphatic carbocycles. The Morgan fingerprint density at radius 1 is 1.26 bits per heavy atom. The largest absolute Gasteiger partial charge is 0.416 e. The minimum absolute atomic E-state index is 0.0159. The van der Waals surface area contributed by atoms with E-state index in [4.69, 9.17) is 0 Å². The van der Waals surface area contributed by atoms with Gasteiger partial charge in [0.25, 0.3) is 5.69 Å². The maximum atomic E-state index is 12.8. The van der Waals surface area contributed by atoms with Crippen LogP contribution in [0, 0.1) is 16.0 Å². The first-order chi connectivity index (χ1) is 14.5. The first-order valence-electron chi connectivity index (χ1n) is 10.2. The van der Waals surface area contributed by atoms with Crippen molar-refractivity contribution in [3.8, 4) is 0 Å². The Bertz CT molecular complexity index is 814. The molecule has 1 aliphatic rings. The van der Waals surface area contributed by atoms with E-state index in [9.17, 15) is 32.9 Å². The van der Waals surface area contributed by atoms with Crippen molar-refractivity contribution >= 4 is 23.2 Å². The molecule has 3 N–H and O–H groups in total. The zero-order valence-corrected chi connectivity index (χ0v) is 17.4. The summed E-state index contributed by atoms with van der Waals surface area (Å²) in [7, 11) is 0. The Kier molecular flexibility index (Phi) is 8.23. The van der Waals surface area contributed by atoms with Crippen LogP contribution < -0.4 is 16.0 Å². The number of nitro groups is 1. The number of carbonyl (C=O) groups excluding carboxylic acids is 2. The molecule has 0 spiro atoms. The molecule has 0 radical (unpaired) electrons. The highest BCUT2D eigenvalue weighted by molar-refractivity contribution is 5.80. The van der Waals surface area contributed by atoms with Crippen LogP contribution in [0.25, 0.3) is 0 Å². The minimum atomic E-state index is -4.69. The van der Waals surface area contributed by atoms with E-state index in [1.807, 2.05) is 13.8 Å². The third-order valence-electron chi connectivity index (χ3n) is 5.03. The number of amides is 2. The van der Waals surface area contributed by atoms with Crippen LogP contribution in [0.2, 0.25) is 0 Å². The van der Waals surface area contributed by atoms with Crippen LogP contribution in [0.4, 0.5) is 24.5 Å². The molecule has 2 atom stereocenters. The zero-order valence-electron chi connectivity index (χ0n) is 17.4. The van der Waals surface area contributed by atoms with Gasteiger partial charge in [-0.1, -0.05) is 6.42 Å². The lowest BCUT2D eigenvalue weighted by atomic mass is 9.85. The molecule has 31 heavy (non-hydrogen) atoms. The van der Waals surface area contributed by atoms with E-state index in [2.05, 4.69) is 16.0 Å². The summed E-state index contributed by atoms with van der Waals surface area (Å²) in [6, 6.07) is 2.11. The quantitative estimate of drug-likeness (QED) is 0.419. The number of halogens is 3. The van der Waals surface area contributed by atoms with Crippen molar-refractivity contribution in [1.82, 2.24) is 10.6 Å². The summed E-state index contributed by atoms with van der Waals surface area (Å²) in [6.07, 6.45) is -1.82. The van der Waals surface area contributed by atoms with Gasteiger partial charge in [-0.05, 0) is 45.2 Å². The Morgan fingerprint density at radius 2 is 1.97 bits per heavy atom. The lowest BCUT2D eigenvalue weighted by Crippen LogP contribution is -2.44. The number of nitrogens with one attached hydrogen (secondary N) is 3. The number of hydrogen-bond donors (Lipinski definition) is 3. The number of hydrogen-bond acceptors (Lipinski definition) is 5. The van der Waals surface area contributed by atoms with Crippen LogP contribution in [0.15, 0.2) is 18.2 Å². The van der Waals surface area contributed by atoms with Crippen LogP contribution >= 0.6 is 0 Å². The average Bonchev–Trinajstić information content (AvgIpc) is 2.66. The number of rotatable bonds is 8. The molecule has 2 amide bonds. The van der Waals surface area contributed by atoms with E-state index in [0.29, 0.717) is 12.5 Å². The lowest BCUT2D eigenvalue weighted by Gasteiger charge is -2.29. The highest BCUT2D eigenvalue weighted by Crippen LogP contribution is 2.35. The van der Waals surface area contributed by atoms with E-state index in [-0.39, 0.29) is 48.5 Å². The molecule has 2 rings (SSSR count). The van der Waals surface area contributed by atoms with Crippen molar-refractivity contribution in [3.05, 3.63) is 33.9 Å². The van der Waals surface area contributed by atoms with Crippen molar-refractivity contribution in [2.45, 2.75) is 64.2 Å². The van der Waals surface area contributed by atoms with Gasteiger partial charge >= 0.3 is 6.18 Å². The maximum absolute atomic E-state index is 12.8. The van der Waals surface area contributed by atoms with Crippen LogP contribution in [-0.2, 0) is 15.8 Å². The SMILES string of the molecule is CC(C)NC(=O)C1CCCC(NC(=O)CCNc2ccc(C(F)(F)F)cc2[N+](=O)[O-])C1. The molecule has 2 unspecified atom stereocenters. The number of nitro benzene ring substituents is 1. The molecule has 0 bridgehead atoms. The fraction of sp³-hybridized carbons (Fsp3) is 0.600. The molecule has 1 aromatic carbocycles. The molecule has 11 heteroatoms. The van der Waals surface area contributed by atoms with Crippen LogP contribution in [0.3, 0.4) is 0 Å². The lowest BCUT2D eigenvalue weighted by molar-refractivity contribution is -0.384. The molecule has 172 valence electrons. The molecule has 0 saturated heterocycles. The van der Waals surface area contributed by atoms with E-state index < -0.39 is 22.4 Å². The van der Waals surface area contributed by atoms with E-state index in [1.165, 1.54) is 0 Å². The van der Waals surface area contributed by atoms with Crippen molar-refractivity contribution in [3.63, 3.8) is 0 Å². The summed E-state index contributed by atoms with van der Waals surface area (Å²) in [5.74, 6) is -0.475. The van der Waals surface area contributed by atoms with Crippen LogP contribution in [-0.4, -0.2) is 35.4 Å². The second-order valence-corrected chi connectivity index (χ2v) is 7.95. The van der Waals surface area contributed by atoms with Gasteiger partial charge in [0, 0.05) is 37.0 Å². The van der Waals surface area contributed by atoms with Crippen LogP contribution in [0.5, 0.6) is 0 Å². The second-order valence-electron chi connectivity index (χ2n) is 7.95. The average molecular weight is 444 g/mol. The summed E-state index contributed by atoms with van der Waals surface area (Å²) in [5.41, 5.74) is -1.91. The molecule has 1 aromatic rings. The predicted molar refractivity (Wildman–Crippen MR) is 108 cm³/mol. The summed E-state index contributed by atoms with van der Waals surface area (Å²) >= 11 is 0. The fourth-order valence-corrected chi connectivity index (χ4v) is 3.58. The van der Waals surface area contributed by atoms with Crippen molar-refractivity contribution in [2.24, 2.45) is 5.92 Å². The Hall–Kier alpha value is -2.85. The summed E-state index contributed by atoms with van der Waals surface area (Å²) in [4.78, 5) is 34.6. The number of nitrogens with zero attached hydrogens (tertiary/aromatic N) is 1. The van der Waals surface area contributed by atoms with Crippen molar-refractivity contribution in [1.29, 1.82) is 0 Å². The Labute approximate surface area is 178 Å². The minimum Gasteiger partial charge on any atom is -0.379 e. The summed E-state index contributed by atoms with van der Waals surface area (Å²) < 4.78 is 38.3. The summed E-state index contributed by atoms with van der Waals surface area (Å²) in [5, 5.41) is 19.5. The highest BCUT2D eigenvalue weighted by atomic mass is 19.4. The second kappa shape index (κ2) is 10.5. The van der Waals surface area contributed by atoms with Gasteiger partial charge in [-0.3, -0.25) is 19.7 Å². The van der Waals surface area contributed by atoms with Gasteiger partial charge < -0.3 is 16.0 Å². The normalized spacial score (nSPS) is 19.0. The molecule has 1 saturated carbocycles. The van der Waals surface area contributed by atoms with Crippen molar-refractivity contribution in [2.75, 3.05) is 11.9 Å². The predicted octanol–water partition coefficient (Wildman–Crippen LogP) is 3.62. The number of carbonyl (C=O) groups is 2. The number of anilines is 1. The molecular weight excluding hydrogens is 417 g/mol. The molecule has 8 nitrogen and oxygen atoms in total. The summed E-state index contributed by atoms with van der Waals surface area (Å²) in [6.45, 7) is 3.78. The number of benzene rings is 1. The number of alkyl halides is 3. The first-order valence-corrected chi connectivity index (χ1v) is 10.2. The van der Waals surface area contributed by atoms with Gasteiger partial charge in [0.2, 0.25) is 11.8 Å². The van der Waals surface area contributed by atoms with Crippen LogP contribution in [0.1, 0.15) is 51.5 Å². The molecular formula is C20H27F3N4O4.